The minimum Gasteiger partial charge on any atom is -0.469 e. The van der Waals surface area contributed by atoms with Gasteiger partial charge in [-0.2, -0.15) is 5.21 Å². The summed E-state index contributed by atoms with van der Waals surface area (Å²) >= 11 is 0. The summed E-state index contributed by atoms with van der Waals surface area (Å²) in [6, 6.07) is 11.7. The van der Waals surface area contributed by atoms with Gasteiger partial charge in [-0.15, -0.1) is 10.2 Å². The predicted molar refractivity (Wildman–Crippen MR) is 75.2 cm³/mol. The molecule has 3 rings (SSSR count). The number of hydrogen-bond acceptors (Lipinski definition) is 6. The second-order valence-corrected chi connectivity index (χ2v) is 4.75. The summed E-state index contributed by atoms with van der Waals surface area (Å²) in [7, 11) is 0. The second-order valence-electron chi connectivity index (χ2n) is 4.75. The molecule has 110 valence electrons. The zero-order valence-corrected chi connectivity index (χ0v) is 11.5. The molecule has 22 heavy (non-hydrogen) atoms. The number of nitrogens with one attached hydrogen (secondary N) is 1. The van der Waals surface area contributed by atoms with Gasteiger partial charge in [-0.05, 0) is 22.4 Å². The third-order valence-electron chi connectivity index (χ3n) is 3.10. The van der Waals surface area contributed by atoms with Crippen molar-refractivity contribution in [1.29, 1.82) is 0 Å². The van der Waals surface area contributed by atoms with Gasteiger partial charge >= 0.3 is 0 Å². The van der Waals surface area contributed by atoms with E-state index in [0.717, 1.165) is 11.1 Å². The first-order valence-corrected chi connectivity index (χ1v) is 6.63. The van der Waals surface area contributed by atoms with E-state index in [1.165, 1.54) is 0 Å². The normalized spacial score (nSPS) is 10.5. The first-order chi connectivity index (χ1) is 10.7. The minimum absolute atomic E-state index is 0.123. The van der Waals surface area contributed by atoms with Crippen molar-refractivity contribution in [3.05, 3.63) is 65.4 Å². The van der Waals surface area contributed by atoms with Crippen LogP contribution in [-0.4, -0.2) is 32.2 Å². The quantitative estimate of drug-likeness (QED) is 0.544. The molecular formula is C15H12N4O3. The highest BCUT2D eigenvalue weighted by Crippen LogP contribution is 2.14. The number of carbonyl (C=O) groups excluding carboxylic acids is 2. The van der Waals surface area contributed by atoms with Crippen LogP contribution in [0.5, 0.6) is 0 Å². The van der Waals surface area contributed by atoms with E-state index < -0.39 is 11.6 Å². The Balaban J connectivity index is 1.64. The van der Waals surface area contributed by atoms with Gasteiger partial charge in [0.25, 0.3) is 5.78 Å². The van der Waals surface area contributed by atoms with Gasteiger partial charge in [0, 0.05) is 6.42 Å². The molecule has 0 aliphatic heterocycles. The van der Waals surface area contributed by atoms with Gasteiger partial charge in [-0.1, -0.05) is 30.3 Å². The molecule has 3 aromatic rings. The number of tetrazole rings is 1. The zero-order valence-electron chi connectivity index (χ0n) is 11.5. The summed E-state index contributed by atoms with van der Waals surface area (Å²) in [4.78, 5) is 23.6. The van der Waals surface area contributed by atoms with Crippen molar-refractivity contribution in [2.45, 2.75) is 12.8 Å². The number of carbonyl (C=O) groups is 2. The molecule has 1 aromatic carbocycles. The summed E-state index contributed by atoms with van der Waals surface area (Å²) in [5.74, 6) is -1.22. The minimum atomic E-state index is -0.783. The molecule has 0 aliphatic rings. The maximum absolute atomic E-state index is 11.8. The lowest BCUT2D eigenvalue weighted by atomic mass is 10.1. The molecule has 0 aliphatic carbocycles. The van der Waals surface area contributed by atoms with Gasteiger partial charge in [0.05, 0.1) is 12.7 Å². The van der Waals surface area contributed by atoms with Gasteiger partial charge in [-0.3, -0.25) is 9.59 Å². The fourth-order valence-electron chi connectivity index (χ4n) is 2.06. The van der Waals surface area contributed by atoms with Gasteiger partial charge in [0.1, 0.15) is 5.76 Å². The summed E-state index contributed by atoms with van der Waals surface area (Å²) in [5.41, 5.74) is 2.09. The van der Waals surface area contributed by atoms with Crippen LogP contribution in [0.3, 0.4) is 0 Å². The van der Waals surface area contributed by atoms with Crippen LogP contribution in [0.2, 0.25) is 0 Å². The number of nitrogens with zero attached hydrogens (tertiary/aromatic N) is 3. The molecule has 0 saturated heterocycles. The fraction of sp³-hybridized carbons (Fsp3) is 0.133. The van der Waals surface area contributed by atoms with Crippen molar-refractivity contribution < 1.29 is 14.0 Å². The van der Waals surface area contributed by atoms with E-state index in [-0.39, 0.29) is 12.2 Å². The van der Waals surface area contributed by atoms with Crippen LogP contribution in [0.15, 0.2) is 47.1 Å². The molecule has 0 unspecified atom stereocenters. The van der Waals surface area contributed by atoms with Crippen LogP contribution in [-0.2, 0) is 17.6 Å². The van der Waals surface area contributed by atoms with Crippen LogP contribution >= 0.6 is 0 Å². The van der Waals surface area contributed by atoms with Crippen LogP contribution < -0.4 is 0 Å². The van der Waals surface area contributed by atoms with Crippen LogP contribution in [0.25, 0.3) is 0 Å². The summed E-state index contributed by atoms with van der Waals surface area (Å²) in [5, 5.41) is 12.4. The molecule has 2 heterocycles. The fourth-order valence-corrected chi connectivity index (χ4v) is 2.06. The summed E-state index contributed by atoms with van der Waals surface area (Å²) in [6.07, 6.45) is 2.17. The summed E-state index contributed by atoms with van der Waals surface area (Å²) in [6.45, 7) is 0. The van der Waals surface area contributed by atoms with Gasteiger partial charge in [-0.25, -0.2) is 0 Å². The largest absolute Gasteiger partial charge is 0.469 e. The van der Waals surface area contributed by atoms with E-state index >= 15 is 0 Å². The maximum atomic E-state index is 11.8. The van der Waals surface area contributed by atoms with Gasteiger partial charge in [0.2, 0.25) is 11.6 Å². The Morgan fingerprint density at radius 3 is 2.68 bits per heavy atom. The molecular weight excluding hydrogens is 284 g/mol. The van der Waals surface area contributed by atoms with Crippen LogP contribution in [0.4, 0.5) is 0 Å². The van der Waals surface area contributed by atoms with Crippen molar-refractivity contribution in [3.63, 3.8) is 0 Å². The lowest BCUT2D eigenvalue weighted by molar-refractivity contribution is -0.114. The number of aromatic nitrogens is 4. The zero-order chi connectivity index (χ0) is 15.4. The van der Waals surface area contributed by atoms with E-state index in [1.54, 1.807) is 12.3 Å². The maximum Gasteiger partial charge on any atom is 0.269 e. The predicted octanol–water partition coefficient (Wildman–Crippen LogP) is 1.38. The Morgan fingerprint density at radius 2 is 1.95 bits per heavy atom. The number of aromatic amines is 1. The number of hydrogen-bond donors (Lipinski definition) is 1. The first kappa shape index (κ1) is 13.9. The van der Waals surface area contributed by atoms with Gasteiger partial charge < -0.3 is 4.42 Å². The van der Waals surface area contributed by atoms with E-state index in [2.05, 4.69) is 20.6 Å². The Bertz CT molecular complexity index is 778. The smallest absolute Gasteiger partial charge is 0.269 e. The molecule has 2 aromatic heterocycles. The Labute approximate surface area is 125 Å². The number of Topliss-reactive ketones (excluding diaryl/α,β-unsaturated/α-hetero) is 2. The van der Waals surface area contributed by atoms with E-state index in [4.69, 9.17) is 4.42 Å². The van der Waals surface area contributed by atoms with E-state index in [1.807, 2.05) is 30.3 Å². The van der Waals surface area contributed by atoms with Crippen LogP contribution in [0, 0.1) is 0 Å². The molecule has 0 atom stereocenters. The molecule has 0 saturated carbocycles. The molecule has 7 nitrogen and oxygen atoms in total. The number of ketones is 2. The highest BCUT2D eigenvalue weighted by atomic mass is 16.3. The van der Waals surface area contributed by atoms with Crippen LogP contribution in [0.1, 0.15) is 27.5 Å². The van der Waals surface area contributed by atoms with Crippen molar-refractivity contribution in [1.82, 2.24) is 20.6 Å². The Kier molecular flexibility index (Phi) is 3.86. The average molecular weight is 296 g/mol. The Hall–Kier alpha value is -3.09. The number of benzene rings is 1. The Morgan fingerprint density at radius 1 is 1.14 bits per heavy atom. The lowest BCUT2D eigenvalue weighted by Crippen LogP contribution is -2.18. The third kappa shape index (κ3) is 3.14. The standard InChI is InChI=1S/C15H12N4O3/c20-13(14(21)15-16-18-19-17-15)8-12-7-11(9-22-12)6-10-4-2-1-3-5-10/h1-5,7,9H,6,8H2,(H,16,17,18,19). The molecule has 0 spiro atoms. The topological polar surface area (TPSA) is 102 Å². The molecule has 0 radical (unpaired) electrons. The second kappa shape index (κ2) is 6.13. The van der Waals surface area contributed by atoms with Crippen molar-refractivity contribution >= 4 is 11.6 Å². The molecule has 1 N–H and O–H groups in total. The SMILES string of the molecule is O=C(Cc1cc(Cc2ccccc2)co1)C(=O)c1nn[nH]n1. The number of rotatable bonds is 6. The van der Waals surface area contributed by atoms with E-state index in [0.29, 0.717) is 12.2 Å². The first-order valence-electron chi connectivity index (χ1n) is 6.63. The highest BCUT2D eigenvalue weighted by molar-refractivity contribution is 6.42. The number of furan rings is 1. The monoisotopic (exact) mass is 296 g/mol. The van der Waals surface area contributed by atoms with Gasteiger partial charge in [0.15, 0.2) is 0 Å². The molecule has 0 amide bonds. The highest BCUT2D eigenvalue weighted by Gasteiger charge is 2.22. The number of H-pyrrole nitrogens is 1. The van der Waals surface area contributed by atoms with Crippen molar-refractivity contribution in [2.24, 2.45) is 0 Å². The average Bonchev–Trinajstić information content (AvgIpc) is 3.19. The van der Waals surface area contributed by atoms with E-state index in [9.17, 15) is 9.59 Å². The third-order valence-corrected chi connectivity index (χ3v) is 3.10. The molecule has 7 heteroatoms. The molecule has 0 fully saturated rings. The lowest BCUT2D eigenvalue weighted by Gasteiger charge is -1.96. The van der Waals surface area contributed by atoms with Crippen molar-refractivity contribution in [3.8, 4) is 0 Å². The molecule has 0 bridgehead atoms. The summed E-state index contributed by atoms with van der Waals surface area (Å²) < 4.78 is 5.34. The van der Waals surface area contributed by atoms with Crippen molar-refractivity contribution in [2.75, 3.05) is 0 Å².